The predicted octanol–water partition coefficient (Wildman–Crippen LogP) is 0.625. The number of halogens is 2. The second-order valence-electron chi connectivity index (χ2n) is 3.47. The molecule has 0 saturated carbocycles. The molecule has 1 aliphatic heterocycles. The van der Waals surface area contributed by atoms with E-state index in [0.29, 0.717) is 6.42 Å². The van der Waals surface area contributed by atoms with Crippen LogP contribution in [0.25, 0.3) is 0 Å². The van der Waals surface area contributed by atoms with Crippen molar-refractivity contribution in [3.8, 4) is 0 Å². The molecule has 1 amide bonds. The Morgan fingerprint density at radius 2 is 2.15 bits per heavy atom. The molecule has 1 fully saturated rings. The molecule has 0 aromatic heterocycles. The largest absolute Gasteiger partial charge is 0.386 e. The molecule has 13 heavy (non-hydrogen) atoms. The normalized spacial score (nSPS) is 20.2. The number of β-amino-alcohol motifs (C(OH)–C–C–N with tert-alkyl or cyclic N) is 1. The van der Waals surface area contributed by atoms with Crippen LogP contribution in [0.3, 0.4) is 0 Å². The molecular formula is C8H13F2NO2. The van der Waals surface area contributed by atoms with Crippen LogP contribution in [0.5, 0.6) is 0 Å². The van der Waals surface area contributed by atoms with Crippen molar-refractivity contribution in [3.63, 3.8) is 0 Å². The van der Waals surface area contributed by atoms with Crippen molar-refractivity contribution in [1.29, 1.82) is 0 Å². The van der Waals surface area contributed by atoms with Crippen molar-refractivity contribution < 1.29 is 18.7 Å². The Bertz CT molecular complexity index is 202. The van der Waals surface area contributed by atoms with E-state index in [1.54, 1.807) is 0 Å². The maximum atomic E-state index is 11.9. The van der Waals surface area contributed by atoms with Gasteiger partial charge in [-0.1, -0.05) is 13.3 Å². The maximum absolute atomic E-state index is 11.9. The van der Waals surface area contributed by atoms with Gasteiger partial charge in [0.05, 0.1) is 18.7 Å². The van der Waals surface area contributed by atoms with Crippen LogP contribution in [0.1, 0.15) is 19.8 Å². The third kappa shape index (κ3) is 2.15. The number of likely N-dealkylation sites (tertiary alicyclic amines) is 1. The quantitative estimate of drug-likeness (QED) is 0.714. The van der Waals surface area contributed by atoms with Crippen molar-refractivity contribution in [3.05, 3.63) is 0 Å². The lowest BCUT2D eigenvalue weighted by Gasteiger charge is -2.46. The Hall–Kier alpha value is -0.710. The molecule has 0 atom stereocenters. The van der Waals surface area contributed by atoms with Crippen LogP contribution in [-0.2, 0) is 4.79 Å². The SMILES string of the molecule is CCCC1(O)CN(C(=O)C(F)F)C1. The summed E-state index contributed by atoms with van der Waals surface area (Å²) in [5.74, 6) is -1.18. The molecule has 0 bridgehead atoms. The summed E-state index contributed by atoms with van der Waals surface area (Å²) >= 11 is 0. The fourth-order valence-electron chi connectivity index (χ4n) is 1.58. The summed E-state index contributed by atoms with van der Waals surface area (Å²) in [5, 5.41) is 9.57. The van der Waals surface area contributed by atoms with Crippen molar-refractivity contribution in [1.82, 2.24) is 4.90 Å². The van der Waals surface area contributed by atoms with Gasteiger partial charge in [0.2, 0.25) is 0 Å². The molecule has 0 spiro atoms. The van der Waals surface area contributed by atoms with Crippen LogP contribution in [0.4, 0.5) is 8.78 Å². The number of amides is 1. The zero-order valence-electron chi connectivity index (χ0n) is 7.46. The molecular weight excluding hydrogens is 180 g/mol. The Morgan fingerprint density at radius 1 is 1.62 bits per heavy atom. The molecule has 1 saturated heterocycles. The number of hydrogen-bond acceptors (Lipinski definition) is 2. The van der Waals surface area contributed by atoms with Crippen LogP contribution in [-0.4, -0.2) is 41.0 Å². The number of nitrogens with zero attached hydrogens (tertiary/aromatic N) is 1. The Kier molecular flexibility index (Phi) is 2.85. The summed E-state index contributed by atoms with van der Waals surface area (Å²) in [7, 11) is 0. The molecule has 3 nitrogen and oxygen atoms in total. The molecule has 0 aromatic rings. The van der Waals surface area contributed by atoms with E-state index in [2.05, 4.69) is 0 Å². The third-order valence-electron chi connectivity index (χ3n) is 2.18. The number of hydrogen-bond donors (Lipinski definition) is 1. The molecule has 1 N–H and O–H groups in total. The molecule has 0 unspecified atom stereocenters. The van der Waals surface area contributed by atoms with Gasteiger partial charge in [-0.3, -0.25) is 4.79 Å². The van der Waals surface area contributed by atoms with Gasteiger partial charge in [0, 0.05) is 0 Å². The van der Waals surface area contributed by atoms with Crippen molar-refractivity contribution in [2.75, 3.05) is 13.1 Å². The molecule has 0 aromatic carbocycles. The van der Waals surface area contributed by atoms with Crippen molar-refractivity contribution in [2.45, 2.75) is 31.8 Å². The number of aliphatic hydroxyl groups is 1. The minimum Gasteiger partial charge on any atom is -0.386 e. The summed E-state index contributed by atoms with van der Waals surface area (Å²) in [5.41, 5.74) is -0.917. The number of rotatable bonds is 3. The minimum absolute atomic E-state index is 0.0456. The van der Waals surface area contributed by atoms with Crippen LogP contribution in [0.15, 0.2) is 0 Å². The van der Waals surface area contributed by atoms with E-state index in [9.17, 15) is 18.7 Å². The first-order valence-electron chi connectivity index (χ1n) is 4.28. The Morgan fingerprint density at radius 3 is 2.54 bits per heavy atom. The zero-order valence-corrected chi connectivity index (χ0v) is 7.46. The van der Waals surface area contributed by atoms with E-state index in [1.165, 1.54) is 0 Å². The van der Waals surface area contributed by atoms with Gasteiger partial charge in [-0.2, -0.15) is 8.78 Å². The van der Waals surface area contributed by atoms with E-state index in [-0.39, 0.29) is 13.1 Å². The predicted molar refractivity (Wildman–Crippen MR) is 42.4 cm³/mol. The average molecular weight is 193 g/mol. The van der Waals surface area contributed by atoms with Crippen molar-refractivity contribution in [2.24, 2.45) is 0 Å². The fraction of sp³-hybridized carbons (Fsp3) is 0.875. The van der Waals surface area contributed by atoms with Gasteiger partial charge in [-0.05, 0) is 6.42 Å². The Balaban J connectivity index is 2.36. The standard InChI is InChI=1S/C8H13F2NO2/c1-2-3-8(13)4-11(5-8)7(12)6(9)10/h6,13H,2-5H2,1H3. The highest BCUT2D eigenvalue weighted by molar-refractivity contribution is 5.80. The molecule has 0 aliphatic carbocycles. The van der Waals surface area contributed by atoms with E-state index in [4.69, 9.17) is 0 Å². The van der Waals surface area contributed by atoms with Crippen LogP contribution >= 0.6 is 0 Å². The third-order valence-corrected chi connectivity index (χ3v) is 2.18. The van der Waals surface area contributed by atoms with Gasteiger partial charge >= 0.3 is 6.43 Å². The lowest BCUT2D eigenvalue weighted by Crippen LogP contribution is -2.64. The second kappa shape index (κ2) is 3.57. The maximum Gasteiger partial charge on any atom is 0.315 e. The molecule has 1 aliphatic rings. The van der Waals surface area contributed by atoms with Crippen LogP contribution in [0, 0.1) is 0 Å². The zero-order chi connectivity index (χ0) is 10.1. The summed E-state index contributed by atoms with van der Waals surface area (Å²) in [6, 6.07) is 0. The summed E-state index contributed by atoms with van der Waals surface area (Å²) in [6.45, 7) is 1.99. The lowest BCUT2D eigenvalue weighted by atomic mass is 9.89. The summed E-state index contributed by atoms with van der Waals surface area (Å²) in [6.07, 6.45) is -1.61. The topological polar surface area (TPSA) is 40.5 Å². The van der Waals surface area contributed by atoms with Gasteiger partial charge in [-0.15, -0.1) is 0 Å². The smallest absolute Gasteiger partial charge is 0.315 e. The molecule has 1 rings (SSSR count). The van der Waals surface area contributed by atoms with Gasteiger partial charge < -0.3 is 10.0 Å². The van der Waals surface area contributed by atoms with E-state index in [1.807, 2.05) is 6.92 Å². The molecule has 76 valence electrons. The minimum atomic E-state index is -2.95. The number of carbonyl (C=O) groups excluding carboxylic acids is 1. The van der Waals surface area contributed by atoms with Gasteiger partial charge in [0.25, 0.3) is 5.91 Å². The van der Waals surface area contributed by atoms with Crippen LogP contribution in [0.2, 0.25) is 0 Å². The van der Waals surface area contributed by atoms with Crippen LogP contribution < -0.4 is 0 Å². The second-order valence-corrected chi connectivity index (χ2v) is 3.47. The first-order valence-corrected chi connectivity index (χ1v) is 4.28. The fourth-order valence-corrected chi connectivity index (χ4v) is 1.58. The average Bonchev–Trinajstić information content (AvgIpc) is 1.99. The Labute approximate surface area is 75.3 Å². The highest BCUT2D eigenvalue weighted by Gasteiger charge is 2.44. The molecule has 5 heteroatoms. The first-order chi connectivity index (χ1) is 5.98. The van der Waals surface area contributed by atoms with Gasteiger partial charge in [0.1, 0.15) is 0 Å². The van der Waals surface area contributed by atoms with E-state index in [0.717, 1.165) is 11.3 Å². The summed E-state index contributed by atoms with van der Waals surface area (Å²) in [4.78, 5) is 11.7. The number of carbonyl (C=O) groups is 1. The highest BCUT2D eigenvalue weighted by atomic mass is 19.3. The highest BCUT2D eigenvalue weighted by Crippen LogP contribution is 2.26. The van der Waals surface area contributed by atoms with Gasteiger partial charge in [0.15, 0.2) is 0 Å². The first kappa shape index (κ1) is 10.4. The van der Waals surface area contributed by atoms with Gasteiger partial charge in [-0.25, -0.2) is 0 Å². The monoisotopic (exact) mass is 193 g/mol. The van der Waals surface area contributed by atoms with Crippen molar-refractivity contribution >= 4 is 5.91 Å². The molecule has 1 heterocycles. The molecule has 0 radical (unpaired) electrons. The van der Waals surface area contributed by atoms with E-state index >= 15 is 0 Å². The summed E-state index contributed by atoms with van der Waals surface area (Å²) < 4.78 is 23.7. The number of alkyl halides is 2. The van der Waals surface area contributed by atoms with E-state index < -0.39 is 17.9 Å². The lowest BCUT2D eigenvalue weighted by molar-refractivity contribution is -0.167.